The summed E-state index contributed by atoms with van der Waals surface area (Å²) in [4.78, 5) is 19.3. The molecular weight excluding hydrogens is 300 g/mol. The third-order valence-corrected chi connectivity index (χ3v) is 4.18. The summed E-state index contributed by atoms with van der Waals surface area (Å²) in [6.07, 6.45) is 1.74. The summed E-state index contributed by atoms with van der Waals surface area (Å²) in [5.74, 6) is -0.00890. The molecule has 124 valence electrons. The highest BCUT2D eigenvalue weighted by molar-refractivity contribution is 6.06. The Labute approximate surface area is 141 Å². The second-order valence-corrected chi connectivity index (χ2v) is 6.16. The second-order valence-electron chi connectivity index (χ2n) is 6.16. The van der Waals surface area contributed by atoms with Crippen LogP contribution in [-0.2, 0) is 0 Å². The maximum atomic E-state index is 12.8. The van der Waals surface area contributed by atoms with Crippen LogP contribution in [0.4, 0.5) is 0 Å². The van der Waals surface area contributed by atoms with E-state index >= 15 is 0 Å². The molecule has 0 radical (unpaired) electrons. The van der Waals surface area contributed by atoms with E-state index in [1.54, 1.807) is 11.1 Å². The van der Waals surface area contributed by atoms with Gasteiger partial charge in [0.1, 0.15) is 0 Å². The lowest BCUT2D eigenvalue weighted by Gasteiger charge is -2.16. The van der Waals surface area contributed by atoms with Gasteiger partial charge in [-0.05, 0) is 26.8 Å². The first-order valence-electron chi connectivity index (χ1n) is 8.22. The van der Waals surface area contributed by atoms with Crippen molar-refractivity contribution < 1.29 is 4.79 Å². The molecular formula is C19H22N4O. The minimum atomic E-state index is -0.00890. The summed E-state index contributed by atoms with van der Waals surface area (Å²) in [5.41, 5.74) is 3.18. The largest absolute Gasteiger partial charge is 0.342 e. The number of carbonyl (C=O) groups is 1. The molecule has 0 fully saturated rings. The maximum Gasteiger partial charge on any atom is 0.254 e. The predicted octanol–water partition coefficient (Wildman–Crippen LogP) is 3.77. The fourth-order valence-electron chi connectivity index (χ4n) is 2.68. The molecule has 2 heterocycles. The average Bonchev–Trinajstić information content (AvgIpc) is 3.04. The van der Waals surface area contributed by atoms with Gasteiger partial charge in [-0.3, -0.25) is 4.79 Å². The molecule has 0 aliphatic carbocycles. The molecule has 0 saturated carbocycles. The van der Waals surface area contributed by atoms with Gasteiger partial charge in [-0.2, -0.15) is 5.10 Å². The smallest absolute Gasteiger partial charge is 0.254 e. The third-order valence-electron chi connectivity index (χ3n) is 4.18. The molecule has 5 nitrogen and oxygen atoms in total. The molecule has 3 aromatic rings. The van der Waals surface area contributed by atoms with Crippen LogP contribution >= 0.6 is 0 Å². The molecule has 3 rings (SSSR count). The van der Waals surface area contributed by atoms with E-state index in [0.717, 1.165) is 22.3 Å². The molecule has 24 heavy (non-hydrogen) atoms. The highest BCUT2D eigenvalue weighted by atomic mass is 16.2. The lowest BCUT2D eigenvalue weighted by molar-refractivity contribution is 0.0804. The fraction of sp³-hybridized carbons (Fsp3) is 0.316. The van der Waals surface area contributed by atoms with Crippen molar-refractivity contribution in [3.8, 4) is 11.3 Å². The second kappa shape index (κ2) is 6.43. The number of rotatable bonds is 4. The highest BCUT2D eigenvalue weighted by Gasteiger charge is 2.20. The van der Waals surface area contributed by atoms with E-state index in [9.17, 15) is 4.79 Å². The summed E-state index contributed by atoms with van der Waals surface area (Å²) < 4.78 is 1.87. The standard InChI is InChI=1S/C19H22N4O/c1-5-22(4)19(24)15-11-17(14-9-7-6-8-10-14)21-18-16(15)12-20-23(18)13(2)3/h6-13H,5H2,1-4H3. The van der Waals surface area contributed by atoms with Crippen molar-refractivity contribution in [1.29, 1.82) is 0 Å². The first kappa shape index (κ1) is 16.2. The summed E-state index contributed by atoms with van der Waals surface area (Å²) in [5, 5.41) is 5.24. The van der Waals surface area contributed by atoms with E-state index in [-0.39, 0.29) is 11.9 Å². The molecule has 0 unspecified atom stereocenters. The summed E-state index contributed by atoms with van der Waals surface area (Å²) in [6, 6.07) is 12.0. The molecule has 0 aliphatic heterocycles. The number of fused-ring (bicyclic) bond motifs is 1. The number of benzene rings is 1. The van der Waals surface area contributed by atoms with Crippen LogP contribution in [0.5, 0.6) is 0 Å². The van der Waals surface area contributed by atoms with E-state index in [1.807, 2.05) is 55.1 Å². The van der Waals surface area contributed by atoms with Gasteiger partial charge in [0.25, 0.3) is 5.91 Å². The van der Waals surface area contributed by atoms with E-state index in [2.05, 4.69) is 18.9 Å². The Morgan fingerprint density at radius 3 is 2.58 bits per heavy atom. The van der Waals surface area contributed by atoms with Crippen molar-refractivity contribution in [2.45, 2.75) is 26.8 Å². The van der Waals surface area contributed by atoms with Gasteiger partial charge < -0.3 is 4.90 Å². The van der Waals surface area contributed by atoms with Crippen molar-refractivity contribution in [3.63, 3.8) is 0 Å². The predicted molar refractivity (Wildman–Crippen MR) is 96.0 cm³/mol. The van der Waals surface area contributed by atoms with Gasteiger partial charge in [-0.1, -0.05) is 30.3 Å². The zero-order chi connectivity index (χ0) is 17.3. The molecule has 1 amide bonds. The normalized spacial score (nSPS) is 11.2. The van der Waals surface area contributed by atoms with Crippen molar-refractivity contribution in [1.82, 2.24) is 19.7 Å². The van der Waals surface area contributed by atoms with Gasteiger partial charge >= 0.3 is 0 Å². The van der Waals surface area contributed by atoms with Gasteiger partial charge in [0.05, 0.1) is 22.8 Å². The van der Waals surface area contributed by atoms with Crippen LogP contribution in [0.1, 0.15) is 37.2 Å². The minimum Gasteiger partial charge on any atom is -0.342 e. The van der Waals surface area contributed by atoms with Gasteiger partial charge in [0.15, 0.2) is 5.65 Å². The highest BCUT2D eigenvalue weighted by Crippen LogP contribution is 2.27. The van der Waals surface area contributed by atoms with E-state index in [0.29, 0.717) is 12.1 Å². The molecule has 0 bridgehead atoms. The van der Waals surface area contributed by atoms with E-state index < -0.39 is 0 Å². The van der Waals surface area contributed by atoms with Crippen LogP contribution < -0.4 is 0 Å². The SMILES string of the molecule is CCN(C)C(=O)c1cc(-c2ccccc2)nc2c1cnn2C(C)C. The van der Waals surface area contributed by atoms with Gasteiger partial charge in [-0.15, -0.1) is 0 Å². The van der Waals surface area contributed by atoms with Crippen molar-refractivity contribution in [2.24, 2.45) is 0 Å². The van der Waals surface area contributed by atoms with Crippen LogP contribution in [0.25, 0.3) is 22.3 Å². The zero-order valence-corrected chi connectivity index (χ0v) is 14.5. The zero-order valence-electron chi connectivity index (χ0n) is 14.5. The molecule has 5 heteroatoms. The van der Waals surface area contributed by atoms with E-state index in [4.69, 9.17) is 4.98 Å². The Morgan fingerprint density at radius 1 is 1.25 bits per heavy atom. The summed E-state index contributed by atoms with van der Waals surface area (Å²) in [7, 11) is 1.81. The number of carbonyl (C=O) groups excluding carboxylic acids is 1. The van der Waals surface area contributed by atoms with Crippen molar-refractivity contribution in [2.75, 3.05) is 13.6 Å². The first-order valence-corrected chi connectivity index (χ1v) is 8.22. The quantitative estimate of drug-likeness (QED) is 0.734. The topological polar surface area (TPSA) is 51.0 Å². The number of nitrogens with zero attached hydrogens (tertiary/aromatic N) is 4. The average molecular weight is 322 g/mol. The first-order chi connectivity index (χ1) is 11.5. The van der Waals surface area contributed by atoms with Crippen LogP contribution in [-0.4, -0.2) is 39.2 Å². The van der Waals surface area contributed by atoms with Crippen molar-refractivity contribution in [3.05, 3.63) is 48.2 Å². The van der Waals surface area contributed by atoms with Crippen LogP contribution in [0, 0.1) is 0 Å². The molecule has 0 aliphatic rings. The molecule has 1 aromatic carbocycles. The van der Waals surface area contributed by atoms with Crippen LogP contribution in [0.15, 0.2) is 42.6 Å². The van der Waals surface area contributed by atoms with Crippen LogP contribution in [0.2, 0.25) is 0 Å². The number of amides is 1. The van der Waals surface area contributed by atoms with Gasteiger partial charge in [0.2, 0.25) is 0 Å². The summed E-state index contributed by atoms with van der Waals surface area (Å²) >= 11 is 0. The number of hydrogen-bond donors (Lipinski definition) is 0. The lowest BCUT2D eigenvalue weighted by Crippen LogP contribution is -2.26. The maximum absolute atomic E-state index is 12.8. The van der Waals surface area contributed by atoms with Crippen LogP contribution in [0.3, 0.4) is 0 Å². The van der Waals surface area contributed by atoms with E-state index in [1.165, 1.54) is 0 Å². The molecule has 0 atom stereocenters. The Morgan fingerprint density at radius 2 is 1.96 bits per heavy atom. The Kier molecular flexibility index (Phi) is 4.34. The molecule has 0 saturated heterocycles. The van der Waals surface area contributed by atoms with Crippen molar-refractivity contribution >= 4 is 16.9 Å². The fourth-order valence-corrected chi connectivity index (χ4v) is 2.68. The number of hydrogen-bond acceptors (Lipinski definition) is 3. The Bertz CT molecular complexity index is 868. The number of aromatic nitrogens is 3. The lowest BCUT2D eigenvalue weighted by atomic mass is 10.1. The van der Waals surface area contributed by atoms with Gasteiger partial charge in [-0.25, -0.2) is 9.67 Å². The minimum absolute atomic E-state index is 0.00890. The Balaban J connectivity index is 2.27. The molecule has 0 N–H and O–H groups in total. The molecule has 2 aromatic heterocycles. The Hall–Kier alpha value is -2.69. The monoisotopic (exact) mass is 322 g/mol. The van der Waals surface area contributed by atoms with Gasteiger partial charge in [0, 0.05) is 25.2 Å². The summed E-state index contributed by atoms with van der Waals surface area (Å²) in [6.45, 7) is 6.74. The molecule has 0 spiro atoms. The number of pyridine rings is 1. The third kappa shape index (κ3) is 2.77.